The Hall–Kier alpha value is -3.64. The first kappa shape index (κ1) is 34.6. The van der Waals surface area contributed by atoms with Gasteiger partial charge in [0.1, 0.15) is 18.2 Å². The molecule has 0 saturated heterocycles. The predicted octanol–water partition coefficient (Wildman–Crippen LogP) is 4.07. The van der Waals surface area contributed by atoms with Gasteiger partial charge in [-0.05, 0) is 56.9 Å². The SMILES string of the molecule is CCOC(=O)Cn1c(Cc2ccc(C(=N)N)cc2)nc2cc(N(CCN(C)C)S(=O)(=O)c3ccccc3)ccc21.Cl.Cl. The second-order valence-corrected chi connectivity index (χ2v) is 11.4. The molecule has 42 heavy (non-hydrogen) atoms. The third-order valence-electron chi connectivity index (χ3n) is 6.40. The number of rotatable bonds is 12. The number of imidazole rings is 1. The number of esters is 1. The van der Waals surface area contributed by atoms with Gasteiger partial charge in [0.15, 0.2) is 0 Å². The van der Waals surface area contributed by atoms with Gasteiger partial charge in [-0.2, -0.15) is 0 Å². The Labute approximate surface area is 258 Å². The lowest BCUT2D eigenvalue weighted by Crippen LogP contribution is -2.36. The van der Waals surface area contributed by atoms with Crippen LogP contribution in [0.1, 0.15) is 23.9 Å². The molecule has 0 radical (unpaired) electrons. The largest absolute Gasteiger partial charge is 0.465 e. The molecule has 10 nitrogen and oxygen atoms in total. The number of hydrogen-bond acceptors (Lipinski definition) is 7. The van der Waals surface area contributed by atoms with Crippen LogP contribution in [0.2, 0.25) is 0 Å². The number of nitrogens with one attached hydrogen (secondary N) is 1. The number of aromatic nitrogens is 2. The summed E-state index contributed by atoms with van der Waals surface area (Å²) in [5.74, 6) is 0.220. The van der Waals surface area contributed by atoms with E-state index in [1.807, 2.05) is 31.1 Å². The molecular formula is C29H36Cl2N6O4S. The van der Waals surface area contributed by atoms with Gasteiger partial charge >= 0.3 is 5.97 Å². The molecule has 4 rings (SSSR count). The Balaban J connectivity index is 0.00000308. The van der Waals surface area contributed by atoms with E-state index in [4.69, 9.17) is 20.9 Å². The summed E-state index contributed by atoms with van der Waals surface area (Å²) in [4.78, 5) is 19.4. The van der Waals surface area contributed by atoms with E-state index in [2.05, 4.69) is 0 Å². The van der Waals surface area contributed by atoms with E-state index in [1.54, 1.807) is 72.2 Å². The van der Waals surface area contributed by atoms with Gasteiger partial charge in [0.25, 0.3) is 10.0 Å². The smallest absolute Gasteiger partial charge is 0.326 e. The molecule has 0 bridgehead atoms. The number of halogens is 2. The third-order valence-corrected chi connectivity index (χ3v) is 8.24. The molecule has 0 aliphatic rings. The second kappa shape index (κ2) is 15.0. The molecule has 13 heteroatoms. The lowest BCUT2D eigenvalue weighted by molar-refractivity contribution is -0.143. The lowest BCUT2D eigenvalue weighted by atomic mass is 10.1. The van der Waals surface area contributed by atoms with Gasteiger partial charge in [-0.3, -0.25) is 14.5 Å². The lowest BCUT2D eigenvalue weighted by Gasteiger charge is -2.26. The van der Waals surface area contributed by atoms with Gasteiger partial charge in [0.2, 0.25) is 0 Å². The van der Waals surface area contributed by atoms with Crippen molar-refractivity contribution in [1.82, 2.24) is 14.5 Å². The molecule has 0 aliphatic carbocycles. The highest BCUT2D eigenvalue weighted by Crippen LogP contribution is 2.28. The zero-order valence-corrected chi connectivity index (χ0v) is 26.1. The number of nitrogens with two attached hydrogens (primary N) is 1. The van der Waals surface area contributed by atoms with E-state index in [9.17, 15) is 13.2 Å². The van der Waals surface area contributed by atoms with Crippen LogP contribution >= 0.6 is 24.8 Å². The molecule has 1 aromatic heterocycles. The van der Waals surface area contributed by atoms with Crippen LogP contribution in [-0.4, -0.2) is 68.5 Å². The van der Waals surface area contributed by atoms with Crippen LogP contribution in [-0.2, 0) is 32.5 Å². The highest BCUT2D eigenvalue weighted by Gasteiger charge is 2.26. The topological polar surface area (TPSA) is 135 Å². The van der Waals surface area contributed by atoms with Crippen molar-refractivity contribution in [2.45, 2.75) is 24.8 Å². The minimum absolute atomic E-state index is 0. The van der Waals surface area contributed by atoms with Gasteiger partial charge in [-0.15, -0.1) is 24.8 Å². The molecular weight excluding hydrogens is 599 g/mol. The number of benzene rings is 3. The fraction of sp³-hybridized carbons (Fsp3) is 0.276. The van der Waals surface area contributed by atoms with Gasteiger partial charge in [0, 0.05) is 25.1 Å². The highest BCUT2D eigenvalue weighted by molar-refractivity contribution is 7.92. The number of ether oxygens (including phenoxy) is 1. The van der Waals surface area contributed by atoms with Crippen molar-refractivity contribution in [1.29, 1.82) is 5.41 Å². The number of nitrogen functional groups attached to an aromatic ring is 1. The van der Waals surface area contributed by atoms with Crippen molar-refractivity contribution in [2.24, 2.45) is 5.73 Å². The number of carbonyl (C=O) groups is 1. The van der Waals surface area contributed by atoms with Crippen LogP contribution in [0.4, 0.5) is 5.69 Å². The number of carbonyl (C=O) groups excluding carboxylic acids is 1. The van der Waals surface area contributed by atoms with E-state index in [1.165, 1.54) is 4.31 Å². The maximum Gasteiger partial charge on any atom is 0.326 e. The molecule has 1 heterocycles. The van der Waals surface area contributed by atoms with E-state index < -0.39 is 16.0 Å². The predicted molar refractivity (Wildman–Crippen MR) is 171 cm³/mol. The number of sulfonamides is 1. The Morgan fingerprint density at radius 3 is 2.26 bits per heavy atom. The Bertz CT molecular complexity index is 1610. The Morgan fingerprint density at radius 2 is 1.67 bits per heavy atom. The van der Waals surface area contributed by atoms with E-state index in [-0.39, 0.29) is 55.2 Å². The summed E-state index contributed by atoms with van der Waals surface area (Å²) in [6.45, 7) is 2.74. The number of amidine groups is 1. The third kappa shape index (κ3) is 8.01. The van der Waals surface area contributed by atoms with Crippen LogP contribution in [0, 0.1) is 5.41 Å². The summed E-state index contributed by atoms with van der Waals surface area (Å²) in [6.07, 6.45) is 0.411. The van der Waals surface area contributed by atoms with Crippen LogP contribution in [0.25, 0.3) is 11.0 Å². The average molecular weight is 636 g/mol. The minimum Gasteiger partial charge on any atom is -0.465 e. The first-order chi connectivity index (χ1) is 19.1. The molecule has 226 valence electrons. The van der Waals surface area contributed by atoms with E-state index >= 15 is 0 Å². The second-order valence-electron chi connectivity index (χ2n) is 9.57. The molecule has 0 saturated carbocycles. The highest BCUT2D eigenvalue weighted by atomic mass is 35.5. The van der Waals surface area contributed by atoms with Crippen LogP contribution < -0.4 is 10.0 Å². The van der Waals surface area contributed by atoms with Crippen LogP contribution in [0.3, 0.4) is 0 Å². The summed E-state index contributed by atoms with van der Waals surface area (Å²) in [6, 6.07) is 20.9. The van der Waals surface area contributed by atoms with E-state index in [0.717, 1.165) is 5.56 Å². The molecule has 0 fully saturated rings. The molecule has 0 spiro atoms. The summed E-state index contributed by atoms with van der Waals surface area (Å²) in [5, 5.41) is 7.62. The molecule has 3 N–H and O–H groups in total. The van der Waals surface area contributed by atoms with Crippen molar-refractivity contribution in [3.63, 3.8) is 0 Å². The molecule has 0 amide bonds. The van der Waals surface area contributed by atoms with Gasteiger partial charge in [-0.25, -0.2) is 13.4 Å². The summed E-state index contributed by atoms with van der Waals surface area (Å²) in [7, 11) is -0.0540. The maximum absolute atomic E-state index is 13.7. The number of hydrogen-bond donors (Lipinski definition) is 2. The maximum atomic E-state index is 13.7. The first-order valence-corrected chi connectivity index (χ1v) is 14.3. The van der Waals surface area contributed by atoms with Crippen LogP contribution in [0.5, 0.6) is 0 Å². The summed E-state index contributed by atoms with van der Waals surface area (Å²) >= 11 is 0. The number of likely N-dealkylation sites (N-methyl/N-ethyl adjacent to an activating group) is 1. The summed E-state index contributed by atoms with van der Waals surface area (Å²) in [5.41, 5.74) is 8.86. The molecule has 0 atom stereocenters. The van der Waals surface area contributed by atoms with Gasteiger partial charge in [-0.1, -0.05) is 42.5 Å². The zero-order valence-electron chi connectivity index (χ0n) is 23.7. The van der Waals surface area contributed by atoms with Crippen molar-refractivity contribution < 1.29 is 17.9 Å². The standard InChI is InChI=1S/C29H34N6O4S.2ClH/c1-4-39-28(36)20-34-26-15-14-23(35(17-16-33(2)3)40(37,38)24-8-6-5-7-9-24)19-25(26)32-27(34)18-21-10-12-22(13-11-21)29(30)31;;/h5-15,19H,4,16-18,20H2,1-3H3,(H3,30,31);2*1H. The van der Waals surface area contributed by atoms with Crippen LogP contribution in [0.15, 0.2) is 77.7 Å². The Morgan fingerprint density at radius 1 is 1.00 bits per heavy atom. The normalized spacial score (nSPS) is 11.0. The quantitative estimate of drug-likeness (QED) is 0.136. The molecule has 4 aromatic rings. The van der Waals surface area contributed by atoms with Crippen molar-refractivity contribution >= 4 is 63.4 Å². The van der Waals surface area contributed by atoms with E-state index in [0.29, 0.717) is 41.1 Å². The first-order valence-electron chi connectivity index (χ1n) is 12.9. The summed E-state index contributed by atoms with van der Waals surface area (Å²) < 4.78 is 35.8. The number of fused-ring (bicyclic) bond motifs is 1. The molecule has 0 aliphatic heterocycles. The fourth-order valence-electron chi connectivity index (χ4n) is 4.35. The van der Waals surface area contributed by atoms with Crippen molar-refractivity contribution in [2.75, 3.05) is 38.1 Å². The average Bonchev–Trinajstić information content (AvgIpc) is 3.25. The van der Waals surface area contributed by atoms with Gasteiger partial charge < -0.3 is 19.9 Å². The fourth-order valence-corrected chi connectivity index (χ4v) is 5.82. The number of nitrogens with zero attached hydrogens (tertiary/aromatic N) is 4. The zero-order chi connectivity index (χ0) is 28.9. The minimum atomic E-state index is -3.84. The van der Waals surface area contributed by atoms with Crippen molar-refractivity contribution in [3.05, 3.63) is 89.7 Å². The monoisotopic (exact) mass is 634 g/mol. The Kier molecular flexibility index (Phi) is 12.4. The molecule has 3 aromatic carbocycles. The number of anilines is 1. The van der Waals surface area contributed by atoms with Crippen molar-refractivity contribution in [3.8, 4) is 0 Å². The molecule has 0 unspecified atom stereocenters. The van der Waals surface area contributed by atoms with Gasteiger partial charge in [0.05, 0.1) is 28.2 Å².